The van der Waals surface area contributed by atoms with Crippen molar-refractivity contribution in [1.82, 2.24) is 19.9 Å². The lowest BCUT2D eigenvalue weighted by Gasteiger charge is -2.09. The fraction of sp³-hybridized carbons (Fsp3) is 0.0952. The maximum atomic E-state index is 13.0. The highest BCUT2D eigenvalue weighted by Crippen LogP contribution is 2.17. The fourth-order valence-corrected chi connectivity index (χ4v) is 4.03. The number of benzene rings is 2. The fourth-order valence-electron chi connectivity index (χ4n) is 2.97. The van der Waals surface area contributed by atoms with Crippen LogP contribution < -0.4 is 10.0 Å². The molecule has 0 aliphatic rings. The molecule has 8 nitrogen and oxygen atoms in total. The third kappa shape index (κ3) is 4.69. The predicted octanol–water partition coefficient (Wildman–Crippen LogP) is 2.64. The van der Waals surface area contributed by atoms with E-state index in [2.05, 4.69) is 20.2 Å². The molecule has 0 aliphatic carbocycles. The maximum Gasteiger partial charge on any atom is 0.261 e. The maximum absolute atomic E-state index is 13.0. The van der Waals surface area contributed by atoms with Gasteiger partial charge >= 0.3 is 0 Å². The van der Waals surface area contributed by atoms with Crippen molar-refractivity contribution in [3.63, 3.8) is 0 Å². The monoisotopic (exact) mass is 439 g/mol. The molecule has 31 heavy (non-hydrogen) atoms. The molecule has 4 aromatic rings. The van der Waals surface area contributed by atoms with Crippen molar-refractivity contribution >= 4 is 27.3 Å². The van der Waals surface area contributed by atoms with Crippen LogP contribution in [-0.2, 0) is 16.4 Å². The molecule has 0 saturated heterocycles. The number of hydrogen-bond acceptors (Lipinski definition) is 5. The summed E-state index contributed by atoms with van der Waals surface area (Å²) in [7, 11) is -3.86. The molecule has 0 radical (unpaired) electrons. The molecular weight excluding hydrogens is 421 g/mol. The van der Waals surface area contributed by atoms with E-state index in [-0.39, 0.29) is 16.5 Å². The summed E-state index contributed by atoms with van der Waals surface area (Å²) < 4.78 is 42.1. The van der Waals surface area contributed by atoms with E-state index in [0.717, 1.165) is 23.6 Å². The molecule has 0 unspecified atom stereocenters. The SMILES string of the molecule is O=C(NCCc1nnc2ccccn12)c1ccc(S(=O)(=O)Nc2ccc(F)cc2)cc1. The van der Waals surface area contributed by atoms with Crippen molar-refractivity contribution in [2.45, 2.75) is 11.3 Å². The molecule has 2 N–H and O–H groups in total. The molecule has 0 fully saturated rings. The van der Waals surface area contributed by atoms with Crippen molar-refractivity contribution in [3.05, 3.63) is 90.1 Å². The smallest absolute Gasteiger partial charge is 0.261 e. The molecule has 10 heteroatoms. The summed E-state index contributed by atoms with van der Waals surface area (Å²) in [6.45, 7) is 0.348. The molecule has 1 amide bonds. The van der Waals surface area contributed by atoms with E-state index >= 15 is 0 Å². The third-order valence-corrected chi connectivity index (χ3v) is 5.94. The number of pyridine rings is 1. The summed E-state index contributed by atoms with van der Waals surface area (Å²) in [5.74, 6) is -0.0658. The number of fused-ring (bicyclic) bond motifs is 1. The number of sulfonamides is 1. The zero-order chi connectivity index (χ0) is 21.8. The summed E-state index contributed by atoms with van der Waals surface area (Å²) in [5, 5.41) is 11.0. The number of nitrogens with one attached hydrogen (secondary N) is 2. The van der Waals surface area contributed by atoms with Crippen LogP contribution in [0.15, 0.2) is 77.8 Å². The first kappa shape index (κ1) is 20.5. The lowest BCUT2D eigenvalue weighted by Crippen LogP contribution is -2.26. The van der Waals surface area contributed by atoms with Crippen molar-refractivity contribution in [3.8, 4) is 0 Å². The summed E-state index contributed by atoms with van der Waals surface area (Å²) in [6, 6.07) is 16.1. The number of aromatic nitrogens is 3. The standard InChI is InChI=1S/C21H18FN5O3S/c22-16-6-8-17(9-7-16)26-31(29,30)18-10-4-15(5-11-18)21(28)23-13-12-20-25-24-19-3-1-2-14-27(19)20/h1-11,14,26H,12-13H2,(H,23,28). The van der Waals surface area contributed by atoms with Crippen molar-refractivity contribution < 1.29 is 17.6 Å². The number of carbonyl (C=O) groups excluding carboxylic acids is 1. The molecule has 0 spiro atoms. The minimum Gasteiger partial charge on any atom is -0.352 e. The van der Waals surface area contributed by atoms with Crippen LogP contribution in [0.1, 0.15) is 16.2 Å². The summed E-state index contributed by atoms with van der Waals surface area (Å²) in [4.78, 5) is 12.4. The third-order valence-electron chi connectivity index (χ3n) is 4.54. The van der Waals surface area contributed by atoms with Gasteiger partial charge in [0.25, 0.3) is 15.9 Å². The van der Waals surface area contributed by atoms with E-state index in [1.807, 2.05) is 28.8 Å². The van der Waals surface area contributed by atoms with Crippen LogP contribution in [0.2, 0.25) is 0 Å². The molecular formula is C21H18FN5O3S. The Hall–Kier alpha value is -3.79. The summed E-state index contributed by atoms with van der Waals surface area (Å²) in [6.07, 6.45) is 2.34. The van der Waals surface area contributed by atoms with Gasteiger partial charge in [0.05, 0.1) is 4.90 Å². The molecule has 0 aliphatic heterocycles. The normalized spacial score (nSPS) is 11.4. The van der Waals surface area contributed by atoms with Crippen LogP contribution in [0.4, 0.5) is 10.1 Å². The van der Waals surface area contributed by atoms with E-state index in [0.29, 0.717) is 18.5 Å². The zero-order valence-electron chi connectivity index (χ0n) is 16.2. The quantitative estimate of drug-likeness (QED) is 0.461. The Morgan fingerprint density at radius 2 is 1.71 bits per heavy atom. The van der Waals surface area contributed by atoms with Gasteiger partial charge in [-0.05, 0) is 60.7 Å². The zero-order valence-corrected chi connectivity index (χ0v) is 17.0. The van der Waals surface area contributed by atoms with Crippen LogP contribution in [-0.4, -0.2) is 35.5 Å². The van der Waals surface area contributed by atoms with Crippen molar-refractivity contribution in [2.75, 3.05) is 11.3 Å². The van der Waals surface area contributed by atoms with Crippen LogP contribution >= 0.6 is 0 Å². The van der Waals surface area contributed by atoms with E-state index in [1.54, 1.807) is 0 Å². The topological polar surface area (TPSA) is 105 Å². The largest absolute Gasteiger partial charge is 0.352 e. The number of anilines is 1. The Balaban J connectivity index is 1.36. The molecule has 4 rings (SSSR count). The number of halogens is 1. The van der Waals surface area contributed by atoms with Gasteiger partial charge in [0.2, 0.25) is 0 Å². The second kappa shape index (κ2) is 8.52. The first-order chi connectivity index (χ1) is 14.9. The average molecular weight is 439 g/mol. The lowest BCUT2D eigenvalue weighted by molar-refractivity contribution is 0.0954. The Kier molecular flexibility index (Phi) is 5.63. The minimum atomic E-state index is -3.86. The predicted molar refractivity (Wildman–Crippen MR) is 113 cm³/mol. The van der Waals surface area contributed by atoms with Crippen LogP contribution in [0.25, 0.3) is 5.65 Å². The Morgan fingerprint density at radius 1 is 0.968 bits per heavy atom. The minimum absolute atomic E-state index is 0.0108. The van der Waals surface area contributed by atoms with Gasteiger partial charge in [-0.15, -0.1) is 10.2 Å². The van der Waals surface area contributed by atoms with Gasteiger partial charge in [0.1, 0.15) is 11.6 Å². The van der Waals surface area contributed by atoms with Crippen LogP contribution in [0.5, 0.6) is 0 Å². The summed E-state index contributed by atoms with van der Waals surface area (Å²) >= 11 is 0. The van der Waals surface area contributed by atoms with Gasteiger partial charge in [-0.25, -0.2) is 12.8 Å². The second-order valence-corrected chi connectivity index (χ2v) is 8.37. The van der Waals surface area contributed by atoms with Gasteiger partial charge in [0, 0.05) is 30.4 Å². The molecule has 0 saturated carbocycles. The number of carbonyl (C=O) groups is 1. The molecule has 2 heterocycles. The van der Waals surface area contributed by atoms with Crippen LogP contribution in [0.3, 0.4) is 0 Å². The Bertz CT molecular complexity index is 1320. The number of hydrogen-bond donors (Lipinski definition) is 2. The van der Waals surface area contributed by atoms with Crippen LogP contribution in [0, 0.1) is 5.82 Å². The van der Waals surface area contributed by atoms with Gasteiger partial charge in [-0.2, -0.15) is 0 Å². The van der Waals surface area contributed by atoms with Gasteiger partial charge in [-0.1, -0.05) is 6.07 Å². The van der Waals surface area contributed by atoms with Gasteiger partial charge in [0.15, 0.2) is 5.65 Å². The highest BCUT2D eigenvalue weighted by atomic mass is 32.2. The van der Waals surface area contributed by atoms with Crippen molar-refractivity contribution in [2.24, 2.45) is 0 Å². The van der Waals surface area contributed by atoms with Gasteiger partial charge in [-0.3, -0.25) is 13.9 Å². The lowest BCUT2D eigenvalue weighted by atomic mass is 10.2. The summed E-state index contributed by atoms with van der Waals surface area (Å²) in [5.41, 5.74) is 1.30. The van der Waals surface area contributed by atoms with Gasteiger partial charge < -0.3 is 5.32 Å². The first-order valence-corrected chi connectivity index (χ1v) is 10.9. The number of rotatable bonds is 7. The van der Waals surface area contributed by atoms with Crippen molar-refractivity contribution in [1.29, 1.82) is 0 Å². The second-order valence-electron chi connectivity index (χ2n) is 6.69. The molecule has 0 atom stereocenters. The molecule has 2 aromatic carbocycles. The van der Waals surface area contributed by atoms with E-state index in [1.165, 1.54) is 36.4 Å². The number of amides is 1. The first-order valence-electron chi connectivity index (χ1n) is 9.38. The van der Waals surface area contributed by atoms with E-state index < -0.39 is 15.8 Å². The molecule has 2 aromatic heterocycles. The highest BCUT2D eigenvalue weighted by molar-refractivity contribution is 7.92. The molecule has 0 bridgehead atoms. The van der Waals surface area contributed by atoms with E-state index in [4.69, 9.17) is 0 Å². The Morgan fingerprint density at radius 3 is 2.45 bits per heavy atom. The van der Waals surface area contributed by atoms with E-state index in [9.17, 15) is 17.6 Å². The number of nitrogens with zero attached hydrogens (tertiary/aromatic N) is 3. The highest BCUT2D eigenvalue weighted by Gasteiger charge is 2.15. The Labute approximate surface area is 177 Å². The average Bonchev–Trinajstić information content (AvgIpc) is 3.18. The molecule has 158 valence electrons.